The van der Waals surface area contributed by atoms with Crippen LogP contribution in [0.5, 0.6) is 5.75 Å². The number of aromatic nitrogens is 1. The molecule has 4 heteroatoms. The molecule has 17 heavy (non-hydrogen) atoms. The first-order valence-electron chi connectivity index (χ1n) is 6.16. The first-order chi connectivity index (χ1) is 8.27. The molecule has 0 bridgehead atoms. The molecular formula is C13H16N2O2. The Balaban J connectivity index is 1.92. The van der Waals surface area contributed by atoms with Crippen LogP contribution in [0.4, 0.5) is 5.82 Å². The smallest absolute Gasteiger partial charge is 0.269 e. The number of likely N-dealkylation sites (N-methyl/N-ethyl adjacent to an activating group) is 1. The Morgan fingerprint density at radius 3 is 2.94 bits per heavy atom. The van der Waals surface area contributed by atoms with Gasteiger partial charge >= 0.3 is 0 Å². The number of nitrogens with zero attached hydrogens (tertiary/aromatic N) is 2. The summed E-state index contributed by atoms with van der Waals surface area (Å²) in [6, 6.07) is 3.72. The summed E-state index contributed by atoms with van der Waals surface area (Å²) in [7, 11) is 1.78. The van der Waals surface area contributed by atoms with Gasteiger partial charge in [-0.05, 0) is 25.0 Å². The van der Waals surface area contributed by atoms with Crippen LogP contribution in [-0.2, 0) is 4.79 Å². The van der Waals surface area contributed by atoms with Crippen molar-refractivity contribution in [2.75, 3.05) is 11.9 Å². The molecule has 4 nitrogen and oxygen atoms in total. The summed E-state index contributed by atoms with van der Waals surface area (Å²) in [5.74, 6) is 1.78. The fourth-order valence-electron chi connectivity index (χ4n) is 2.77. The molecule has 1 aromatic heterocycles. The lowest BCUT2D eigenvalue weighted by Gasteiger charge is -2.33. The van der Waals surface area contributed by atoms with E-state index in [4.69, 9.17) is 4.74 Å². The Labute approximate surface area is 101 Å². The predicted molar refractivity (Wildman–Crippen MR) is 64.0 cm³/mol. The Morgan fingerprint density at radius 1 is 1.41 bits per heavy atom. The van der Waals surface area contributed by atoms with Crippen LogP contribution in [0.25, 0.3) is 0 Å². The number of carbonyl (C=O) groups is 1. The summed E-state index contributed by atoms with van der Waals surface area (Å²) in [5, 5.41) is 0. The standard InChI is InChI=1S/C13H16N2O2/c1-15-12-10(7-4-8-14-12)17-11(13(15)16)9-5-2-3-6-9/h4,7-9,11H,2-3,5-6H2,1H3. The van der Waals surface area contributed by atoms with Gasteiger partial charge in [-0.3, -0.25) is 9.69 Å². The summed E-state index contributed by atoms with van der Waals surface area (Å²) < 4.78 is 5.84. The van der Waals surface area contributed by atoms with Crippen LogP contribution in [0.2, 0.25) is 0 Å². The van der Waals surface area contributed by atoms with Gasteiger partial charge in [-0.15, -0.1) is 0 Å². The third-order valence-corrected chi connectivity index (χ3v) is 3.72. The van der Waals surface area contributed by atoms with Crippen LogP contribution < -0.4 is 9.64 Å². The molecule has 1 amide bonds. The van der Waals surface area contributed by atoms with E-state index < -0.39 is 0 Å². The van der Waals surface area contributed by atoms with Gasteiger partial charge in [0.15, 0.2) is 17.7 Å². The second kappa shape index (κ2) is 4.02. The molecule has 0 aromatic carbocycles. The van der Waals surface area contributed by atoms with Gasteiger partial charge in [-0.2, -0.15) is 0 Å². The van der Waals surface area contributed by atoms with Crippen LogP contribution in [0.1, 0.15) is 25.7 Å². The minimum absolute atomic E-state index is 0.0445. The fourth-order valence-corrected chi connectivity index (χ4v) is 2.77. The van der Waals surface area contributed by atoms with Crippen molar-refractivity contribution in [1.29, 1.82) is 0 Å². The maximum atomic E-state index is 12.2. The van der Waals surface area contributed by atoms with E-state index >= 15 is 0 Å². The molecule has 1 aliphatic heterocycles. The van der Waals surface area contributed by atoms with Crippen molar-refractivity contribution in [3.63, 3.8) is 0 Å². The quantitative estimate of drug-likeness (QED) is 0.743. The third kappa shape index (κ3) is 1.68. The van der Waals surface area contributed by atoms with Gasteiger partial charge in [0.05, 0.1) is 0 Å². The molecule has 1 unspecified atom stereocenters. The molecule has 2 aliphatic rings. The zero-order chi connectivity index (χ0) is 11.8. The van der Waals surface area contributed by atoms with Gasteiger partial charge in [0.2, 0.25) is 0 Å². The first kappa shape index (κ1) is 10.6. The average Bonchev–Trinajstić information content (AvgIpc) is 2.87. The summed E-state index contributed by atoms with van der Waals surface area (Å²) in [6.45, 7) is 0. The molecule has 1 aliphatic carbocycles. The molecular weight excluding hydrogens is 216 g/mol. The van der Waals surface area contributed by atoms with Crippen LogP contribution in [0.15, 0.2) is 18.3 Å². The minimum atomic E-state index is -0.306. The summed E-state index contributed by atoms with van der Waals surface area (Å²) in [5.41, 5.74) is 0. The molecule has 3 rings (SSSR count). The lowest BCUT2D eigenvalue weighted by Crippen LogP contribution is -2.47. The minimum Gasteiger partial charge on any atom is -0.476 e. The average molecular weight is 232 g/mol. The molecule has 1 fully saturated rings. The molecule has 0 radical (unpaired) electrons. The van der Waals surface area contributed by atoms with Crippen molar-refractivity contribution in [2.45, 2.75) is 31.8 Å². The lowest BCUT2D eigenvalue weighted by atomic mass is 9.98. The van der Waals surface area contributed by atoms with Crippen LogP contribution >= 0.6 is 0 Å². The van der Waals surface area contributed by atoms with Gasteiger partial charge in [0.25, 0.3) is 5.91 Å². The summed E-state index contributed by atoms with van der Waals surface area (Å²) in [6.07, 6.45) is 5.99. The highest BCUT2D eigenvalue weighted by molar-refractivity contribution is 5.98. The van der Waals surface area contributed by atoms with E-state index in [-0.39, 0.29) is 12.0 Å². The van der Waals surface area contributed by atoms with Crippen molar-refractivity contribution in [2.24, 2.45) is 5.92 Å². The maximum absolute atomic E-state index is 12.2. The third-order valence-electron chi connectivity index (χ3n) is 3.72. The van der Waals surface area contributed by atoms with E-state index in [1.165, 1.54) is 12.8 Å². The van der Waals surface area contributed by atoms with Crippen LogP contribution in [-0.4, -0.2) is 24.0 Å². The van der Waals surface area contributed by atoms with E-state index in [2.05, 4.69) is 4.98 Å². The predicted octanol–water partition coefficient (Wildman–Crippen LogP) is 2.00. The number of carbonyl (C=O) groups excluding carboxylic acids is 1. The lowest BCUT2D eigenvalue weighted by molar-refractivity contribution is -0.128. The van der Waals surface area contributed by atoms with Crippen molar-refractivity contribution >= 4 is 11.7 Å². The zero-order valence-electron chi connectivity index (χ0n) is 9.93. The molecule has 90 valence electrons. The number of rotatable bonds is 1. The van der Waals surface area contributed by atoms with E-state index in [0.717, 1.165) is 18.6 Å². The van der Waals surface area contributed by atoms with Crippen LogP contribution in [0.3, 0.4) is 0 Å². The normalized spacial score (nSPS) is 24.6. The molecule has 0 N–H and O–H groups in total. The second-order valence-electron chi connectivity index (χ2n) is 4.81. The number of pyridine rings is 1. The van der Waals surface area contributed by atoms with Gasteiger partial charge in [-0.25, -0.2) is 4.98 Å². The SMILES string of the molecule is CN1C(=O)C(C2CCCC2)Oc2cccnc21. The molecule has 1 atom stereocenters. The van der Waals surface area contributed by atoms with E-state index in [1.807, 2.05) is 12.1 Å². The monoisotopic (exact) mass is 232 g/mol. The molecule has 2 heterocycles. The molecule has 0 saturated heterocycles. The van der Waals surface area contributed by atoms with Gasteiger partial charge in [0, 0.05) is 19.2 Å². The van der Waals surface area contributed by atoms with E-state index in [9.17, 15) is 4.79 Å². The highest BCUT2D eigenvalue weighted by atomic mass is 16.5. The van der Waals surface area contributed by atoms with E-state index in [1.54, 1.807) is 18.1 Å². The first-order valence-corrected chi connectivity index (χ1v) is 6.16. The van der Waals surface area contributed by atoms with Gasteiger partial charge < -0.3 is 4.74 Å². The summed E-state index contributed by atoms with van der Waals surface area (Å²) in [4.78, 5) is 18.1. The number of fused-ring (bicyclic) bond motifs is 1. The Kier molecular flexibility index (Phi) is 2.50. The van der Waals surface area contributed by atoms with Gasteiger partial charge in [-0.1, -0.05) is 12.8 Å². The van der Waals surface area contributed by atoms with Crippen LogP contribution in [0, 0.1) is 5.92 Å². The highest BCUT2D eigenvalue weighted by Crippen LogP contribution is 2.37. The largest absolute Gasteiger partial charge is 0.476 e. The Bertz CT molecular complexity index is 441. The number of anilines is 1. The highest BCUT2D eigenvalue weighted by Gasteiger charge is 2.39. The van der Waals surface area contributed by atoms with Crippen molar-refractivity contribution < 1.29 is 9.53 Å². The topological polar surface area (TPSA) is 42.4 Å². The number of ether oxygens (including phenoxy) is 1. The van der Waals surface area contributed by atoms with Gasteiger partial charge in [0.1, 0.15) is 0 Å². The van der Waals surface area contributed by atoms with Crippen molar-refractivity contribution in [3.05, 3.63) is 18.3 Å². The fraction of sp³-hybridized carbons (Fsp3) is 0.538. The Hall–Kier alpha value is -1.58. The number of hydrogen-bond donors (Lipinski definition) is 0. The van der Waals surface area contributed by atoms with Crippen molar-refractivity contribution in [3.8, 4) is 5.75 Å². The van der Waals surface area contributed by atoms with Crippen molar-refractivity contribution in [1.82, 2.24) is 4.98 Å². The second-order valence-corrected chi connectivity index (χ2v) is 4.81. The molecule has 0 spiro atoms. The molecule has 1 saturated carbocycles. The number of amides is 1. The zero-order valence-corrected chi connectivity index (χ0v) is 9.93. The maximum Gasteiger partial charge on any atom is 0.269 e. The summed E-state index contributed by atoms with van der Waals surface area (Å²) >= 11 is 0. The molecule has 1 aromatic rings. The Morgan fingerprint density at radius 2 is 2.18 bits per heavy atom. The number of hydrogen-bond acceptors (Lipinski definition) is 3. The van der Waals surface area contributed by atoms with E-state index in [0.29, 0.717) is 11.7 Å².